The van der Waals surface area contributed by atoms with Crippen LogP contribution in [-0.4, -0.2) is 0 Å². The Balaban J connectivity index is 1.81. The minimum Gasteiger partial charge on any atom is -0.144 e. The van der Waals surface area contributed by atoms with Crippen molar-refractivity contribution in [1.82, 2.24) is 0 Å². The Bertz CT molecular complexity index is 684. The molecule has 0 saturated carbocycles. The molecule has 2 heterocycles. The molecule has 4 rings (SSSR count). The van der Waals surface area contributed by atoms with E-state index >= 15 is 0 Å². The normalized spacial score (nSPS) is 18.1. The molecule has 0 nitrogen and oxygen atoms in total. The van der Waals surface area contributed by atoms with Gasteiger partial charge in [-0.2, -0.15) is 0 Å². The molecule has 2 aliphatic carbocycles. The van der Waals surface area contributed by atoms with Crippen LogP contribution in [0.3, 0.4) is 0 Å². The van der Waals surface area contributed by atoms with Crippen LogP contribution in [0, 0.1) is 0 Å². The van der Waals surface area contributed by atoms with Crippen molar-refractivity contribution in [2.45, 2.75) is 19.3 Å². The lowest BCUT2D eigenvalue weighted by Gasteiger charge is -2.08. The van der Waals surface area contributed by atoms with E-state index in [2.05, 4.69) is 59.3 Å². The average molecular weight is 308 g/mol. The van der Waals surface area contributed by atoms with Crippen molar-refractivity contribution in [1.29, 1.82) is 0 Å². The molecule has 0 atom stereocenters. The van der Waals surface area contributed by atoms with Crippen molar-refractivity contribution in [3.63, 3.8) is 0 Å². The van der Waals surface area contributed by atoms with Crippen molar-refractivity contribution in [3.8, 4) is 0 Å². The Morgan fingerprint density at radius 3 is 1.67 bits per heavy atom. The molecule has 0 aromatic carbocycles. The van der Waals surface area contributed by atoms with E-state index in [1.165, 1.54) is 32.0 Å². The lowest BCUT2D eigenvalue weighted by Crippen LogP contribution is -1.86. The minimum absolute atomic E-state index is 1.06. The second-order valence-corrected chi connectivity index (χ2v) is 7.25. The summed E-state index contributed by atoms with van der Waals surface area (Å²) < 4.78 is 0. The zero-order chi connectivity index (χ0) is 14.1. The Labute approximate surface area is 133 Å². The molecule has 2 aromatic rings. The largest absolute Gasteiger partial charge is 0.144 e. The molecule has 0 fully saturated rings. The quantitative estimate of drug-likeness (QED) is 0.608. The summed E-state index contributed by atoms with van der Waals surface area (Å²) in [4.78, 5) is 2.87. The molecule has 104 valence electrons. The Hall–Kier alpha value is -1.64. The SMILES string of the molecule is C1=CC2=C(c3cccs3)CCC(c3cccs3)=C(C=C1)C2. The molecule has 0 radical (unpaired) electrons. The van der Waals surface area contributed by atoms with Gasteiger partial charge in [0.05, 0.1) is 0 Å². The first-order valence-corrected chi connectivity index (χ1v) is 9.04. The van der Waals surface area contributed by atoms with Crippen LogP contribution in [-0.2, 0) is 0 Å². The van der Waals surface area contributed by atoms with E-state index in [0.717, 1.165) is 19.3 Å². The predicted octanol–water partition coefficient (Wildman–Crippen LogP) is 6.33. The fraction of sp³-hybridized carbons (Fsp3) is 0.158. The minimum atomic E-state index is 1.06. The van der Waals surface area contributed by atoms with E-state index in [1.54, 1.807) is 0 Å². The van der Waals surface area contributed by atoms with Crippen LogP contribution < -0.4 is 0 Å². The van der Waals surface area contributed by atoms with Gasteiger partial charge in [-0.3, -0.25) is 0 Å². The third kappa shape index (κ3) is 2.50. The fourth-order valence-corrected chi connectivity index (χ4v) is 4.79. The zero-order valence-electron chi connectivity index (χ0n) is 11.7. The summed E-state index contributed by atoms with van der Waals surface area (Å²) in [6.45, 7) is 0. The highest BCUT2D eigenvalue weighted by atomic mass is 32.1. The number of allylic oxidation sites excluding steroid dienone is 8. The van der Waals surface area contributed by atoms with Gasteiger partial charge in [-0.15, -0.1) is 22.7 Å². The molecule has 0 amide bonds. The number of fused-ring (bicyclic) bond motifs is 2. The topological polar surface area (TPSA) is 0 Å². The Morgan fingerprint density at radius 2 is 1.24 bits per heavy atom. The first kappa shape index (κ1) is 13.1. The average Bonchev–Trinajstić information content (AvgIpc) is 3.13. The lowest BCUT2D eigenvalue weighted by atomic mass is 10.00. The van der Waals surface area contributed by atoms with Gasteiger partial charge in [-0.25, -0.2) is 0 Å². The van der Waals surface area contributed by atoms with Crippen molar-refractivity contribution in [2.75, 3.05) is 0 Å². The number of thiophene rings is 2. The molecule has 0 N–H and O–H groups in total. The van der Waals surface area contributed by atoms with Gasteiger partial charge in [0.15, 0.2) is 0 Å². The molecule has 21 heavy (non-hydrogen) atoms. The van der Waals surface area contributed by atoms with Crippen LogP contribution in [0.5, 0.6) is 0 Å². The van der Waals surface area contributed by atoms with Gasteiger partial charge in [-0.05, 0) is 64.4 Å². The predicted molar refractivity (Wildman–Crippen MR) is 94.6 cm³/mol. The summed E-state index contributed by atoms with van der Waals surface area (Å²) in [5, 5.41) is 4.36. The van der Waals surface area contributed by atoms with Crippen molar-refractivity contribution >= 4 is 33.8 Å². The highest BCUT2D eigenvalue weighted by Crippen LogP contribution is 2.41. The van der Waals surface area contributed by atoms with E-state index in [9.17, 15) is 0 Å². The monoisotopic (exact) mass is 308 g/mol. The standard InChI is InChI=1S/C19H16S2/c1-2-6-15-13-14(5-1)16(18-7-3-11-20-18)9-10-17(15)19-8-4-12-21-19/h1-8,11-12H,9-10,13H2. The van der Waals surface area contributed by atoms with Crippen LogP contribution in [0.15, 0.2) is 70.5 Å². The molecule has 0 unspecified atom stereocenters. The van der Waals surface area contributed by atoms with E-state index in [1.807, 2.05) is 22.7 Å². The van der Waals surface area contributed by atoms with Gasteiger partial charge in [0.1, 0.15) is 0 Å². The first-order valence-electron chi connectivity index (χ1n) is 7.28. The van der Waals surface area contributed by atoms with Gasteiger partial charge in [-0.1, -0.05) is 36.4 Å². The van der Waals surface area contributed by atoms with Crippen molar-refractivity contribution < 1.29 is 0 Å². The molecule has 0 saturated heterocycles. The number of rotatable bonds is 2. The maximum Gasteiger partial charge on any atom is 0.0305 e. The van der Waals surface area contributed by atoms with Crippen LogP contribution in [0.4, 0.5) is 0 Å². The molecule has 0 aliphatic heterocycles. The molecular formula is C19H16S2. The second-order valence-electron chi connectivity index (χ2n) is 5.36. The number of hydrogen-bond donors (Lipinski definition) is 0. The second kappa shape index (κ2) is 5.63. The van der Waals surface area contributed by atoms with E-state index in [-0.39, 0.29) is 0 Å². The van der Waals surface area contributed by atoms with Gasteiger partial charge in [0, 0.05) is 9.75 Å². The third-order valence-electron chi connectivity index (χ3n) is 4.12. The van der Waals surface area contributed by atoms with Gasteiger partial charge in [0.2, 0.25) is 0 Å². The van der Waals surface area contributed by atoms with Crippen molar-refractivity contribution in [3.05, 3.63) is 80.2 Å². The van der Waals surface area contributed by atoms with E-state index in [0.29, 0.717) is 0 Å². The Morgan fingerprint density at radius 1 is 0.714 bits per heavy atom. The molecule has 2 bridgehead atoms. The summed E-state index contributed by atoms with van der Waals surface area (Å²) in [6, 6.07) is 8.83. The van der Waals surface area contributed by atoms with Crippen LogP contribution >= 0.6 is 22.7 Å². The van der Waals surface area contributed by atoms with Crippen LogP contribution in [0.1, 0.15) is 29.0 Å². The smallest absolute Gasteiger partial charge is 0.0305 e. The third-order valence-corrected chi connectivity index (χ3v) is 5.98. The van der Waals surface area contributed by atoms with Gasteiger partial charge >= 0.3 is 0 Å². The molecular weight excluding hydrogens is 292 g/mol. The summed E-state index contributed by atoms with van der Waals surface area (Å²) in [7, 11) is 0. The van der Waals surface area contributed by atoms with Crippen molar-refractivity contribution in [2.24, 2.45) is 0 Å². The lowest BCUT2D eigenvalue weighted by molar-refractivity contribution is 1.09. The van der Waals surface area contributed by atoms with E-state index < -0.39 is 0 Å². The maximum absolute atomic E-state index is 2.30. The highest BCUT2D eigenvalue weighted by molar-refractivity contribution is 7.11. The summed E-state index contributed by atoms with van der Waals surface area (Å²) >= 11 is 3.72. The molecule has 2 aliphatic rings. The fourth-order valence-electron chi connectivity index (χ4n) is 3.12. The van der Waals surface area contributed by atoms with Gasteiger partial charge < -0.3 is 0 Å². The summed E-state index contributed by atoms with van der Waals surface area (Å²) in [5.74, 6) is 0. The van der Waals surface area contributed by atoms with Gasteiger partial charge in [0.25, 0.3) is 0 Å². The maximum atomic E-state index is 2.30. The van der Waals surface area contributed by atoms with Crippen LogP contribution in [0.2, 0.25) is 0 Å². The molecule has 0 spiro atoms. The Kier molecular flexibility index (Phi) is 3.50. The summed E-state index contributed by atoms with van der Waals surface area (Å²) in [6.07, 6.45) is 12.3. The number of hydrogen-bond acceptors (Lipinski definition) is 2. The summed E-state index contributed by atoms with van der Waals surface area (Å²) in [5.41, 5.74) is 6.05. The zero-order valence-corrected chi connectivity index (χ0v) is 13.3. The first-order chi connectivity index (χ1) is 10.4. The molecule has 2 heteroatoms. The van der Waals surface area contributed by atoms with Crippen LogP contribution in [0.25, 0.3) is 11.1 Å². The van der Waals surface area contributed by atoms with E-state index in [4.69, 9.17) is 0 Å². The molecule has 2 aromatic heterocycles. The highest BCUT2D eigenvalue weighted by Gasteiger charge is 2.19.